The van der Waals surface area contributed by atoms with Gasteiger partial charge in [0.05, 0.1) is 6.10 Å². The smallest absolute Gasteiger partial charge is 0.103 e. The van der Waals surface area contributed by atoms with E-state index in [2.05, 4.69) is 42.1 Å². The zero-order valence-corrected chi connectivity index (χ0v) is 10.1. The molecule has 1 aliphatic heterocycles. The molecular formula is C16H16O. The summed E-state index contributed by atoms with van der Waals surface area (Å²) in [5.41, 5.74) is 0. The molecule has 2 atom stereocenters. The summed E-state index contributed by atoms with van der Waals surface area (Å²) in [6.45, 7) is 5.44. The van der Waals surface area contributed by atoms with Crippen LogP contribution >= 0.6 is 0 Å². The normalized spacial score (nSPS) is 20.3. The predicted molar refractivity (Wildman–Crippen MR) is 70.9 cm³/mol. The predicted octanol–water partition coefficient (Wildman–Crippen LogP) is 2.70. The first-order valence-corrected chi connectivity index (χ1v) is 5.73. The van der Waals surface area contributed by atoms with E-state index in [9.17, 15) is 0 Å². The van der Waals surface area contributed by atoms with Crippen molar-refractivity contribution in [2.45, 2.75) is 38.4 Å². The van der Waals surface area contributed by atoms with Gasteiger partial charge in [0, 0.05) is 0 Å². The third-order valence-corrected chi connectivity index (χ3v) is 2.27. The SMILES string of the molecule is C=CCCC[C@@H]1O[C@@H]1C=CC#CC#CC#CC. The minimum absolute atomic E-state index is 0.248. The maximum absolute atomic E-state index is 5.46. The molecule has 0 unspecified atom stereocenters. The summed E-state index contributed by atoms with van der Waals surface area (Å²) in [5, 5.41) is 0. The highest BCUT2D eigenvalue weighted by Gasteiger charge is 2.35. The van der Waals surface area contributed by atoms with E-state index < -0.39 is 0 Å². The third kappa shape index (κ3) is 6.32. The Labute approximate surface area is 104 Å². The molecule has 1 saturated heterocycles. The summed E-state index contributed by atoms with van der Waals surface area (Å²) in [6, 6.07) is 0. The van der Waals surface area contributed by atoms with Crippen molar-refractivity contribution in [3.8, 4) is 35.5 Å². The lowest BCUT2D eigenvalue weighted by molar-refractivity contribution is 0.376. The summed E-state index contributed by atoms with van der Waals surface area (Å²) >= 11 is 0. The lowest BCUT2D eigenvalue weighted by Crippen LogP contribution is -1.89. The monoisotopic (exact) mass is 224 g/mol. The standard InChI is InChI=1S/C16H16O/c1-3-5-7-8-9-10-12-14-16-15(17-16)13-11-6-4-2/h4,12,14-16H,2,6,11,13H2,1H3/t15-,16+/m0/s1. The van der Waals surface area contributed by atoms with Crippen molar-refractivity contribution in [1.29, 1.82) is 0 Å². The lowest BCUT2D eigenvalue weighted by atomic mass is 10.1. The number of allylic oxidation sites excluding steroid dienone is 2. The van der Waals surface area contributed by atoms with Gasteiger partial charge in [0.15, 0.2) is 0 Å². The van der Waals surface area contributed by atoms with Gasteiger partial charge in [-0.2, -0.15) is 0 Å². The second-order valence-electron chi connectivity index (χ2n) is 3.61. The quantitative estimate of drug-likeness (QED) is 0.303. The lowest BCUT2D eigenvalue weighted by Gasteiger charge is -1.89. The fourth-order valence-corrected chi connectivity index (χ4v) is 1.37. The Morgan fingerprint density at radius 1 is 1.24 bits per heavy atom. The highest BCUT2D eigenvalue weighted by molar-refractivity contribution is 5.37. The molecule has 1 heteroatoms. The molecule has 0 amide bonds. The second kappa shape index (κ2) is 8.29. The Morgan fingerprint density at radius 2 is 2.06 bits per heavy atom. The number of unbranched alkanes of at least 4 members (excludes halogenated alkanes) is 1. The van der Waals surface area contributed by atoms with Gasteiger partial charge in [-0.3, -0.25) is 0 Å². The summed E-state index contributed by atoms with van der Waals surface area (Å²) in [4.78, 5) is 0. The number of rotatable bonds is 5. The molecule has 86 valence electrons. The van der Waals surface area contributed by atoms with Crippen LogP contribution in [-0.2, 0) is 4.74 Å². The van der Waals surface area contributed by atoms with Crippen LogP contribution in [0.15, 0.2) is 24.8 Å². The molecule has 1 aliphatic rings. The first-order chi connectivity index (χ1) is 8.38. The maximum Gasteiger partial charge on any atom is 0.103 e. The van der Waals surface area contributed by atoms with Crippen LogP contribution in [0.2, 0.25) is 0 Å². The first-order valence-electron chi connectivity index (χ1n) is 5.73. The van der Waals surface area contributed by atoms with Crippen LogP contribution in [0.3, 0.4) is 0 Å². The molecule has 0 bridgehead atoms. The maximum atomic E-state index is 5.46. The molecule has 1 nitrogen and oxygen atoms in total. The summed E-state index contributed by atoms with van der Waals surface area (Å²) < 4.78 is 5.46. The second-order valence-corrected chi connectivity index (χ2v) is 3.61. The summed E-state index contributed by atoms with van der Waals surface area (Å²) in [6.07, 6.45) is 9.65. The largest absolute Gasteiger partial charge is 0.365 e. The number of hydrogen-bond donors (Lipinski definition) is 0. The Morgan fingerprint density at radius 3 is 2.82 bits per heavy atom. The minimum Gasteiger partial charge on any atom is -0.365 e. The van der Waals surface area contributed by atoms with Crippen molar-refractivity contribution in [3.05, 3.63) is 24.8 Å². The molecule has 0 saturated carbocycles. The molecule has 17 heavy (non-hydrogen) atoms. The van der Waals surface area contributed by atoms with E-state index in [-0.39, 0.29) is 6.10 Å². The molecule has 0 aromatic rings. The van der Waals surface area contributed by atoms with Crippen LogP contribution in [0, 0.1) is 35.5 Å². The zero-order chi connectivity index (χ0) is 12.3. The summed E-state index contributed by atoms with van der Waals surface area (Å²) in [7, 11) is 0. The molecular weight excluding hydrogens is 208 g/mol. The van der Waals surface area contributed by atoms with Crippen LogP contribution in [0.5, 0.6) is 0 Å². The molecule has 0 radical (unpaired) electrons. The average Bonchev–Trinajstić information content (AvgIpc) is 3.07. The van der Waals surface area contributed by atoms with Crippen LogP contribution in [0.1, 0.15) is 26.2 Å². The molecule has 0 aromatic heterocycles. The van der Waals surface area contributed by atoms with Gasteiger partial charge in [0.2, 0.25) is 0 Å². The van der Waals surface area contributed by atoms with Crippen LogP contribution in [0.25, 0.3) is 0 Å². The molecule has 1 heterocycles. The average molecular weight is 224 g/mol. The van der Waals surface area contributed by atoms with Crippen molar-refractivity contribution in [1.82, 2.24) is 0 Å². The van der Waals surface area contributed by atoms with E-state index in [0.29, 0.717) is 6.10 Å². The number of ether oxygens (including phenoxy) is 1. The zero-order valence-electron chi connectivity index (χ0n) is 10.1. The molecule has 1 fully saturated rings. The Hall–Kier alpha value is -1.88. The van der Waals surface area contributed by atoms with E-state index in [1.165, 1.54) is 0 Å². The minimum atomic E-state index is 0.248. The number of hydrogen-bond acceptors (Lipinski definition) is 1. The van der Waals surface area contributed by atoms with Gasteiger partial charge in [-0.25, -0.2) is 0 Å². The molecule has 0 aromatic carbocycles. The van der Waals surface area contributed by atoms with Gasteiger partial charge in [-0.05, 0) is 62.0 Å². The van der Waals surface area contributed by atoms with Crippen molar-refractivity contribution in [2.24, 2.45) is 0 Å². The van der Waals surface area contributed by atoms with Crippen molar-refractivity contribution in [2.75, 3.05) is 0 Å². The van der Waals surface area contributed by atoms with E-state index in [4.69, 9.17) is 4.74 Å². The van der Waals surface area contributed by atoms with Crippen molar-refractivity contribution < 1.29 is 4.74 Å². The van der Waals surface area contributed by atoms with Crippen LogP contribution in [0.4, 0.5) is 0 Å². The van der Waals surface area contributed by atoms with Gasteiger partial charge >= 0.3 is 0 Å². The Balaban J connectivity index is 2.17. The van der Waals surface area contributed by atoms with Crippen molar-refractivity contribution in [3.63, 3.8) is 0 Å². The Bertz CT molecular complexity index is 451. The molecule has 0 N–H and O–H groups in total. The van der Waals surface area contributed by atoms with E-state index >= 15 is 0 Å². The number of epoxide rings is 1. The highest BCUT2D eigenvalue weighted by Crippen LogP contribution is 2.27. The molecule has 0 spiro atoms. The molecule has 0 aliphatic carbocycles. The van der Waals surface area contributed by atoms with Crippen LogP contribution in [-0.4, -0.2) is 12.2 Å². The topological polar surface area (TPSA) is 12.5 Å². The van der Waals surface area contributed by atoms with Gasteiger partial charge in [-0.15, -0.1) is 6.58 Å². The third-order valence-electron chi connectivity index (χ3n) is 2.27. The Kier molecular flexibility index (Phi) is 6.43. The fraction of sp³-hybridized carbons (Fsp3) is 0.375. The van der Waals surface area contributed by atoms with Crippen LogP contribution < -0.4 is 0 Å². The first kappa shape index (κ1) is 13.2. The van der Waals surface area contributed by atoms with Crippen molar-refractivity contribution >= 4 is 0 Å². The van der Waals surface area contributed by atoms with E-state index in [0.717, 1.165) is 19.3 Å². The van der Waals surface area contributed by atoms with E-state index in [1.807, 2.05) is 12.2 Å². The van der Waals surface area contributed by atoms with Gasteiger partial charge in [0.1, 0.15) is 6.10 Å². The summed E-state index contributed by atoms with van der Waals surface area (Å²) in [5.74, 6) is 16.1. The highest BCUT2D eigenvalue weighted by atomic mass is 16.6. The fourth-order valence-electron chi connectivity index (χ4n) is 1.37. The molecule has 1 rings (SSSR count). The van der Waals surface area contributed by atoms with Gasteiger partial charge in [-0.1, -0.05) is 17.9 Å². The van der Waals surface area contributed by atoms with Gasteiger partial charge < -0.3 is 4.74 Å². The van der Waals surface area contributed by atoms with E-state index in [1.54, 1.807) is 13.0 Å². The van der Waals surface area contributed by atoms with Gasteiger partial charge in [0.25, 0.3) is 0 Å².